The Morgan fingerprint density at radius 1 is 1.64 bits per heavy atom. The van der Waals surface area contributed by atoms with Crippen LogP contribution >= 0.6 is 0 Å². The number of nitrogens with zero attached hydrogens (tertiary/aromatic N) is 1. The Kier molecular flexibility index (Phi) is 4.90. The van der Waals surface area contributed by atoms with E-state index in [1.54, 1.807) is 11.9 Å². The summed E-state index contributed by atoms with van der Waals surface area (Å²) in [6.07, 6.45) is 2.43. The van der Waals surface area contributed by atoms with E-state index in [0.717, 1.165) is 32.5 Å². The van der Waals surface area contributed by atoms with E-state index in [1.807, 2.05) is 6.92 Å². The van der Waals surface area contributed by atoms with E-state index in [9.17, 15) is 4.79 Å². The number of carbonyl (C=O) groups excluding carboxylic acids is 1. The Morgan fingerprint density at radius 2 is 2.43 bits per heavy atom. The third-order valence-electron chi connectivity index (χ3n) is 2.59. The molecule has 1 rings (SSSR count). The number of hydrogen-bond donors (Lipinski definition) is 1. The number of likely N-dealkylation sites (N-methyl/N-ethyl adjacent to an activating group) is 1. The second-order valence-corrected chi connectivity index (χ2v) is 3.69. The number of ether oxygens (including phenoxy) is 1. The van der Waals surface area contributed by atoms with Gasteiger partial charge in [-0.1, -0.05) is 0 Å². The molecular formula is C10H20N2O2. The summed E-state index contributed by atoms with van der Waals surface area (Å²) in [5.74, 6) is 0.0677. The fourth-order valence-electron chi connectivity index (χ4n) is 1.44. The highest BCUT2D eigenvalue weighted by atomic mass is 16.5. The summed E-state index contributed by atoms with van der Waals surface area (Å²) in [7, 11) is 1.80. The molecule has 0 aromatic heterocycles. The lowest BCUT2D eigenvalue weighted by molar-refractivity contribution is -0.137. The maximum Gasteiger partial charge on any atom is 0.248 e. The molecule has 4 heteroatoms. The van der Waals surface area contributed by atoms with Crippen LogP contribution in [0.3, 0.4) is 0 Å². The van der Waals surface area contributed by atoms with Gasteiger partial charge in [0.25, 0.3) is 0 Å². The van der Waals surface area contributed by atoms with Gasteiger partial charge in [-0.05, 0) is 26.3 Å². The first-order chi connectivity index (χ1) is 6.74. The Bertz CT molecular complexity index is 179. The van der Waals surface area contributed by atoms with Crippen LogP contribution in [0.1, 0.15) is 19.8 Å². The molecule has 0 aromatic rings. The van der Waals surface area contributed by atoms with Gasteiger partial charge in [-0.25, -0.2) is 0 Å². The normalized spacial score (nSPS) is 22.0. The molecule has 0 saturated carbocycles. The van der Waals surface area contributed by atoms with Gasteiger partial charge < -0.3 is 15.0 Å². The lowest BCUT2D eigenvalue weighted by Crippen LogP contribution is -2.38. The fourth-order valence-corrected chi connectivity index (χ4v) is 1.44. The average Bonchev–Trinajstić information content (AvgIpc) is 2.26. The SMILES string of the molecule is CCN(C)C(=O)CO[C@H]1CCCNC1. The molecular weight excluding hydrogens is 180 g/mol. The van der Waals surface area contributed by atoms with Crippen molar-refractivity contribution in [3.05, 3.63) is 0 Å². The van der Waals surface area contributed by atoms with E-state index >= 15 is 0 Å². The highest BCUT2D eigenvalue weighted by molar-refractivity contribution is 5.77. The maximum atomic E-state index is 11.4. The summed E-state index contributed by atoms with van der Waals surface area (Å²) in [6.45, 7) is 4.87. The first kappa shape index (κ1) is 11.5. The molecule has 1 amide bonds. The number of rotatable bonds is 4. The number of nitrogens with one attached hydrogen (secondary N) is 1. The van der Waals surface area contributed by atoms with Gasteiger partial charge in [0, 0.05) is 20.1 Å². The lowest BCUT2D eigenvalue weighted by Gasteiger charge is -2.24. The van der Waals surface area contributed by atoms with Crippen LogP contribution in [0.15, 0.2) is 0 Å². The molecule has 0 aromatic carbocycles. The van der Waals surface area contributed by atoms with E-state index in [0.29, 0.717) is 0 Å². The van der Waals surface area contributed by atoms with Crippen LogP contribution in [0, 0.1) is 0 Å². The first-order valence-electron chi connectivity index (χ1n) is 5.30. The molecule has 1 aliphatic heterocycles. The fraction of sp³-hybridized carbons (Fsp3) is 0.900. The topological polar surface area (TPSA) is 41.6 Å². The van der Waals surface area contributed by atoms with Crippen LogP contribution < -0.4 is 5.32 Å². The summed E-state index contributed by atoms with van der Waals surface area (Å²) < 4.78 is 5.51. The largest absolute Gasteiger partial charge is 0.367 e. The highest BCUT2D eigenvalue weighted by Crippen LogP contribution is 2.05. The Morgan fingerprint density at radius 3 is 3.00 bits per heavy atom. The molecule has 1 aliphatic rings. The standard InChI is InChI=1S/C10H20N2O2/c1-3-12(2)10(13)8-14-9-5-4-6-11-7-9/h9,11H,3-8H2,1-2H3/t9-/m0/s1. The maximum absolute atomic E-state index is 11.4. The summed E-state index contributed by atoms with van der Waals surface area (Å²) in [4.78, 5) is 13.1. The van der Waals surface area contributed by atoms with Crippen molar-refractivity contribution < 1.29 is 9.53 Å². The molecule has 0 unspecified atom stereocenters. The zero-order chi connectivity index (χ0) is 10.4. The summed E-state index contributed by atoms with van der Waals surface area (Å²) >= 11 is 0. The first-order valence-corrected chi connectivity index (χ1v) is 5.30. The predicted octanol–water partition coefficient (Wildman–Crippen LogP) is 0.233. The van der Waals surface area contributed by atoms with Gasteiger partial charge >= 0.3 is 0 Å². The van der Waals surface area contributed by atoms with Crippen molar-refractivity contribution in [2.24, 2.45) is 0 Å². The second-order valence-electron chi connectivity index (χ2n) is 3.69. The van der Waals surface area contributed by atoms with Crippen LogP contribution in [-0.2, 0) is 9.53 Å². The monoisotopic (exact) mass is 200 g/mol. The molecule has 1 saturated heterocycles. The lowest BCUT2D eigenvalue weighted by atomic mass is 10.1. The van der Waals surface area contributed by atoms with E-state index in [1.165, 1.54) is 0 Å². The summed E-state index contributed by atoms with van der Waals surface area (Å²) in [5, 5.41) is 3.25. The van der Waals surface area contributed by atoms with Crippen LogP contribution in [0.5, 0.6) is 0 Å². The Balaban J connectivity index is 2.15. The van der Waals surface area contributed by atoms with Crippen molar-refractivity contribution in [1.29, 1.82) is 0 Å². The molecule has 14 heavy (non-hydrogen) atoms. The third-order valence-corrected chi connectivity index (χ3v) is 2.59. The molecule has 0 aliphatic carbocycles. The zero-order valence-electron chi connectivity index (χ0n) is 9.08. The minimum atomic E-state index is 0.0677. The van der Waals surface area contributed by atoms with Gasteiger partial charge in [-0.15, -0.1) is 0 Å². The van der Waals surface area contributed by atoms with Crippen LogP contribution in [0.25, 0.3) is 0 Å². The Labute approximate surface area is 85.6 Å². The van der Waals surface area contributed by atoms with Crippen molar-refractivity contribution >= 4 is 5.91 Å². The van der Waals surface area contributed by atoms with Crippen molar-refractivity contribution in [1.82, 2.24) is 10.2 Å². The molecule has 0 radical (unpaired) electrons. The van der Waals surface area contributed by atoms with E-state index in [4.69, 9.17) is 4.74 Å². The molecule has 82 valence electrons. The number of carbonyl (C=O) groups is 1. The minimum Gasteiger partial charge on any atom is -0.367 e. The van der Waals surface area contributed by atoms with Gasteiger partial charge in [0.1, 0.15) is 6.61 Å². The van der Waals surface area contributed by atoms with E-state index in [-0.39, 0.29) is 18.6 Å². The number of piperidine rings is 1. The quantitative estimate of drug-likeness (QED) is 0.706. The number of hydrogen-bond acceptors (Lipinski definition) is 3. The smallest absolute Gasteiger partial charge is 0.248 e. The highest BCUT2D eigenvalue weighted by Gasteiger charge is 2.15. The van der Waals surface area contributed by atoms with Gasteiger partial charge in [0.05, 0.1) is 6.10 Å². The predicted molar refractivity (Wildman–Crippen MR) is 55.2 cm³/mol. The van der Waals surface area contributed by atoms with Gasteiger partial charge in [0.2, 0.25) is 5.91 Å². The van der Waals surface area contributed by atoms with Crippen LogP contribution in [0.2, 0.25) is 0 Å². The van der Waals surface area contributed by atoms with E-state index in [2.05, 4.69) is 5.32 Å². The minimum absolute atomic E-state index is 0.0677. The number of amides is 1. The van der Waals surface area contributed by atoms with Crippen LogP contribution in [0.4, 0.5) is 0 Å². The summed E-state index contributed by atoms with van der Waals surface area (Å²) in [6, 6.07) is 0. The van der Waals surface area contributed by atoms with Crippen molar-refractivity contribution in [2.75, 3.05) is 33.3 Å². The molecule has 1 fully saturated rings. The second kappa shape index (κ2) is 5.98. The molecule has 1 N–H and O–H groups in total. The molecule has 0 spiro atoms. The Hall–Kier alpha value is -0.610. The van der Waals surface area contributed by atoms with Crippen molar-refractivity contribution in [3.8, 4) is 0 Å². The van der Waals surface area contributed by atoms with Gasteiger partial charge in [0.15, 0.2) is 0 Å². The molecule has 0 bridgehead atoms. The van der Waals surface area contributed by atoms with Gasteiger partial charge in [-0.2, -0.15) is 0 Å². The van der Waals surface area contributed by atoms with Crippen molar-refractivity contribution in [2.45, 2.75) is 25.9 Å². The molecule has 4 nitrogen and oxygen atoms in total. The molecule has 1 atom stereocenters. The average molecular weight is 200 g/mol. The van der Waals surface area contributed by atoms with Crippen molar-refractivity contribution in [3.63, 3.8) is 0 Å². The van der Waals surface area contributed by atoms with Gasteiger partial charge in [-0.3, -0.25) is 4.79 Å². The summed E-state index contributed by atoms with van der Waals surface area (Å²) in [5.41, 5.74) is 0. The zero-order valence-corrected chi connectivity index (χ0v) is 9.08. The van der Waals surface area contributed by atoms with E-state index < -0.39 is 0 Å². The van der Waals surface area contributed by atoms with Crippen LogP contribution in [-0.4, -0.2) is 50.2 Å². The third kappa shape index (κ3) is 3.64. The molecule has 1 heterocycles.